The van der Waals surface area contributed by atoms with Gasteiger partial charge in [0, 0.05) is 35.3 Å². The summed E-state index contributed by atoms with van der Waals surface area (Å²) in [5.41, 5.74) is 1.78. The number of benzene rings is 1. The molecule has 3 aromatic rings. The van der Waals surface area contributed by atoms with Crippen LogP contribution in [0.3, 0.4) is 0 Å². The first-order valence-electron chi connectivity index (χ1n) is 8.02. The van der Waals surface area contributed by atoms with Gasteiger partial charge in [-0.1, -0.05) is 11.6 Å². The predicted molar refractivity (Wildman–Crippen MR) is 98.9 cm³/mol. The van der Waals surface area contributed by atoms with Gasteiger partial charge in [-0.05, 0) is 18.2 Å². The lowest BCUT2D eigenvalue weighted by molar-refractivity contribution is 0.0411. The van der Waals surface area contributed by atoms with Crippen LogP contribution in [0.5, 0.6) is 0 Å². The highest BCUT2D eigenvalue weighted by atomic mass is 35.5. The van der Waals surface area contributed by atoms with Crippen LogP contribution in [0.2, 0.25) is 5.02 Å². The van der Waals surface area contributed by atoms with Crippen molar-refractivity contribution in [2.75, 3.05) is 11.1 Å². The van der Waals surface area contributed by atoms with E-state index in [1.165, 1.54) is 23.9 Å². The van der Waals surface area contributed by atoms with Gasteiger partial charge in [-0.15, -0.1) is 11.8 Å². The number of aliphatic hydroxyl groups excluding tert-OH is 2. The molecule has 0 spiro atoms. The second-order valence-electron chi connectivity index (χ2n) is 6.05. The quantitative estimate of drug-likeness (QED) is 0.631. The molecule has 6 nitrogen and oxygen atoms in total. The summed E-state index contributed by atoms with van der Waals surface area (Å²) in [7, 11) is 0. The highest BCUT2D eigenvalue weighted by molar-refractivity contribution is 7.99. The normalized spacial score (nSPS) is 22.8. The van der Waals surface area contributed by atoms with Gasteiger partial charge in [0.2, 0.25) is 0 Å². The number of imidazole rings is 1. The maximum Gasteiger partial charge on any atom is 0.180 e. The summed E-state index contributed by atoms with van der Waals surface area (Å²) < 4.78 is 15.7. The molecule has 0 bridgehead atoms. The lowest BCUT2D eigenvalue weighted by Gasteiger charge is -2.15. The number of nitrogens with zero attached hydrogens (tertiary/aromatic N) is 3. The number of rotatable bonds is 4. The SMILES string of the molecule is O[C@@H]1[C@H](O)CS[C@H]1c1cnc2c(NCc3cc(Cl)ccc3F)nccn12. The molecule has 4 rings (SSSR count). The Morgan fingerprint density at radius 3 is 2.96 bits per heavy atom. The molecule has 3 atom stereocenters. The van der Waals surface area contributed by atoms with Crippen LogP contribution in [-0.2, 0) is 6.54 Å². The highest BCUT2D eigenvalue weighted by Gasteiger charge is 2.37. The van der Waals surface area contributed by atoms with Crippen LogP contribution in [0.4, 0.5) is 10.2 Å². The smallest absolute Gasteiger partial charge is 0.180 e. The topological polar surface area (TPSA) is 82.7 Å². The maximum atomic E-state index is 13.9. The molecular formula is C17H16ClFN4O2S. The molecule has 0 saturated carbocycles. The number of fused-ring (bicyclic) bond motifs is 1. The molecule has 136 valence electrons. The van der Waals surface area contributed by atoms with Crippen molar-refractivity contribution in [1.82, 2.24) is 14.4 Å². The van der Waals surface area contributed by atoms with Crippen molar-refractivity contribution in [3.05, 3.63) is 58.9 Å². The van der Waals surface area contributed by atoms with Gasteiger partial charge >= 0.3 is 0 Å². The van der Waals surface area contributed by atoms with Crippen molar-refractivity contribution in [1.29, 1.82) is 0 Å². The lowest BCUT2D eigenvalue weighted by Crippen LogP contribution is -2.25. The highest BCUT2D eigenvalue weighted by Crippen LogP contribution is 2.40. The molecule has 1 aromatic carbocycles. The molecule has 3 heterocycles. The summed E-state index contributed by atoms with van der Waals surface area (Å²) in [6.45, 7) is 0.209. The molecule has 0 aliphatic carbocycles. The number of anilines is 1. The van der Waals surface area contributed by atoms with E-state index < -0.39 is 12.2 Å². The second-order valence-corrected chi connectivity index (χ2v) is 7.66. The fraction of sp³-hybridized carbons (Fsp3) is 0.294. The zero-order valence-electron chi connectivity index (χ0n) is 13.5. The van der Waals surface area contributed by atoms with Gasteiger partial charge in [-0.3, -0.25) is 4.40 Å². The average molecular weight is 395 g/mol. The van der Waals surface area contributed by atoms with Gasteiger partial charge < -0.3 is 15.5 Å². The van der Waals surface area contributed by atoms with Gasteiger partial charge in [0.15, 0.2) is 11.5 Å². The van der Waals surface area contributed by atoms with Crippen molar-refractivity contribution in [2.24, 2.45) is 0 Å². The standard InChI is InChI=1S/C17H16ClFN4O2S/c18-10-1-2-11(19)9(5-10)6-21-16-17-22-7-12(23(17)4-3-20-16)15-14(25)13(24)8-26-15/h1-5,7,13-15,24-25H,6,8H2,(H,20,21)/t13-,14-,15+/m1/s1. The zero-order valence-corrected chi connectivity index (χ0v) is 15.1. The largest absolute Gasteiger partial charge is 0.390 e. The lowest BCUT2D eigenvalue weighted by atomic mass is 10.1. The molecule has 3 N–H and O–H groups in total. The van der Waals surface area contributed by atoms with Crippen LogP contribution < -0.4 is 5.32 Å². The molecular weight excluding hydrogens is 379 g/mol. The second kappa shape index (κ2) is 7.03. The van der Waals surface area contributed by atoms with Crippen LogP contribution in [0.25, 0.3) is 5.65 Å². The van der Waals surface area contributed by atoms with E-state index in [0.717, 1.165) is 5.69 Å². The summed E-state index contributed by atoms with van der Waals surface area (Å²) >= 11 is 7.41. The minimum Gasteiger partial charge on any atom is -0.390 e. The minimum absolute atomic E-state index is 0.209. The molecule has 1 aliphatic heterocycles. The molecule has 1 saturated heterocycles. The number of aliphatic hydroxyl groups is 2. The van der Waals surface area contributed by atoms with Gasteiger partial charge in [-0.25, -0.2) is 14.4 Å². The third-order valence-electron chi connectivity index (χ3n) is 4.35. The summed E-state index contributed by atoms with van der Waals surface area (Å²) in [6.07, 6.45) is 3.44. The Labute approximate surface area is 158 Å². The summed E-state index contributed by atoms with van der Waals surface area (Å²) in [6, 6.07) is 4.39. The predicted octanol–water partition coefficient (Wildman–Crippen LogP) is 2.64. The number of aromatic nitrogens is 3. The van der Waals surface area contributed by atoms with Gasteiger partial charge in [0.25, 0.3) is 0 Å². The Morgan fingerprint density at radius 2 is 2.19 bits per heavy atom. The zero-order chi connectivity index (χ0) is 18.3. The molecule has 9 heteroatoms. The number of hydrogen-bond donors (Lipinski definition) is 3. The Bertz CT molecular complexity index is 954. The molecule has 0 unspecified atom stereocenters. The monoisotopic (exact) mass is 394 g/mol. The van der Waals surface area contributed by atoms with Crippen LogP contribution in [-0.4, -0.2) is 42.5 Å². The van der Waals surface area contributed by atoms with E-state index in [4.69, 9.17) is 11.6 Å². The van der Waals surface area contributed by atoms with Crippen LogP contribution in [0, 0.1) is 5.82 Å². The Kier molecular flexibility index (Phi) is 4.74. The van der Waals surface area contributed by atoms with Crippen molar-refractivity contribution in [2.45, 2.75) is 24.0 Å². The molecule has 1 fully saturated rings. The molecule has 2 aromatic heterocycles. The first-order valence-corrected chi connectivity index (χ1v) is 9.45. The van der Waals surface area contributed by atoms with E-state index >= 15 is 0 Å². The third kappa shape index (κ3) is 3.14. The van der Waals surface area contributed by atoms with E-state index in [1.807, 2.05) is 4.40 Å². The number of halogens is 2. The fourth-order valence-corrected chi connectivity index (χ4v) is 4.51. The van der Waals surface area contributed by atoms with Crippen LogP contribution in [0.1, 0.15) is 16.5 Å². The first kappa shape index (κ1) is 17.5. The van der Waals surface area contributed by atoms with Crippen molar-refractivity contribution < 1.29 is 14.6 Å². The van der Waals surface area contributed by atoms with E-state index in [-0.39, 0.29) is 17.6 Å². The summed E-state index contributed by atoms with van der Waals surface area (Å²) in [5.74, 6) is 0.622. The maximum absolute atomic E-state index is 13.9. The molecule has 26 heavy (non-hydrogen) atoms. The molecule has 0 radical (unpaired) electrons. The fourth-order valence-electron chi connectivity index (χ4n) is 2.99. The summed E-state index contributed by atoms with van der Waals surface area (Å²) in [5, 5.41) is 23.2. The minimum atomic E-state index is -0.843. The third-order valence-corrected chi connectivity index (χ3v) is 6.00. The van der Waals surface area contributed by atoms with Crippen LogP contribution >= 0.6 is 23.4 Å². The Balaban J connectivity index is 1.62. The van der Waals surface area contributed by atoms with Crippen molar-refractivity contribution in [3.8, 4) is 0 Å². The van der Waals surface area contributed by atoms with Gasteiger partial charge in [-0.2, -0.15) is 0 Å². The Morgan fingerprint density at radius 1 is 1.35 bits per heavy atom. The van der Waals surface area contributed by atoms with Crippen molar-refractivity contribution >= 4 is 34.8 Å². The van der Waals surface area contributed by atoms with Gasteiger partial charge in [0.1, 0.15) is 5.82 Å². The number of nitrogens with one attached hydrogen (secondary N) is 1. The van der Waals surface area contributed by atoms with E-state index in [2.05, 4.69) is 15.3 Å². The average Bonchev–Trinajstić information content (AvgIpc) is 3.20. The van der Waals surface area contributed by atoms with Crippen molar-refractivity contribution in [3.63, 3.8) is 0 Å². The number of thioether (sulfide) groups is 1. The van der Waals surface area contributed by atoms with E-state index in [0.29, 0.717) is 27.8 Å². The molecule has 1 aliphatic rings. The van der Waals surface area contributed by atoms with Crippen LogP contribution in [0.15, 0.2) is 36.8 Å². The van der Waals surface area contributed by atoms with Gasteiger partial charge in [0.05, 0.1) is 29.3 Å². The Hall–Kier alpha value is -1.87. The van der Waals surface area contributed by atoms with E-state index in [1.54, 1.807) is 24.7 Å². The molecule has 0 amide bonds. The summed E-state index contributed by atoms with van der Waals surface area (Å²) in [4.78, 5) is 8.67. The number of hydrogen-bond acceptors (Lipinski definition) is 6. The first-order chi connectivity index (χ1) is 12.5. The van der Waals surface area contributed by atoms with E-state index in [9.17, 15) is 14.6 Å².